The van der Waals surface area contributed by atoms with Gasteiger partial charge in [0.05, 0.1) is 10.6 Å². The summed E-state index contributed by atoms with van der Waals surface area (Å²) in [6.07, 6.45) is 1.00. The lowest BCUT2D eigenvalue weighted by molar-refractivity contribution is -0.140. The van der Waals surface area contributed by atoms with Gasteiger partial charge in [0.25, 0.3) is 10.0 Å². The summed E-state index contributed by atoms with van der Waals surface area (Å²) in [4.78, 5) is 29.0. The third-order valence-electron chi connectivity index (χ3n) is 6.78. The number of nitrogens with one attached hydrogen (secondary N) is 1. The highest BCUT2D eigenvalue weighted by Crippen LogP contribution is 2.30. The monoisotopic (exact) mass is 637 g/mol. The third-order valence-corrected chi connectivity index (χ3v) is 9.38. The number of sulfonamides is 1. The Morgan fingerprint density at radius 2 is 1.54 bits per heavy atom. The van der Waals surface area contributed by atoms with Gasteiger partial charge in [0.1, 0.15) is 12.6 Å². The van der Waals surface area contributed by atoms with Crippen LogP contribution in [0.15, 0.2) is 71.6 Å². The molecule has 0 radical (unpaired) electrons. The Morgan fingerprint density at radius 3 is 2.12 bits per heavy atom. The van der Waals surface area contributed by atoms with E-state index in [1.165, 1.54) is 17.0 Å². The predicted molar refractivity (Wildman–Crippen MR) is 166 cm³/mol. The molecule has 0 fully saturated rings. The van der Waals surface area contributed by atoms with Crippen molar-refractivity contribution in [3.05, 3.63) is 92.9 Å². The summed E-state index contributed by atoms with van der Waals surface area (Å²) in [7, 11) is -4.18. The van der Waals surface area contributed by atoms with Crippen LogP contribution in [0.2, 0.25) is 15.1 Å². The number of anilines is 1. The van der Waals surface area contributed by atoms with Crippen molar-refractivity contribution in [2.45, 2.75) is 64.1 Å². The zero-order valence-electron chi connectivity index (χ0n) is 23.4. The molecule has 0 spiro atoms. The minimum atomic E-state index is -4.18. The van der Waals surface area contributed by atoms with Gasteiger partial charge in [-0.3, -0.25) is 13.9 Å². The molecule has 0 aliphatic rings. The van der Waals surface area contributed by atoms with Crippen LogP contribution in [0.3, 0.4) is 0 Å². The van der Waals surface area contributed by atoms with E-state index in [-0.39, 0.29) is 23.4 Å². The van der Waals surface area contributed by atoms with Crippen LogP contribution in [0.5, 0.6) is 0 Å². The molecule has 0 bridgehead atoms. The molecule has 0 saturated carbocycles. The lowest BCUT2D eigenvalue weighted by atomic mass is 10.1. The van der Waals surface area contributed by atoms with Crippen LogP contribution in [-0.2, 0) is 26.2 Å². The highest BCUT2D eigenvalue weighted by atomic mass is 35.5. The minimum Gasteiger partial charge on any atom is -0.352 e. The third kappa shape index (κ3) is 8.16. The van der Waals surface area contributed by atoms with Crippen molar-refractivity contribution in [3.63, 3.8) is 0 Å². The smallest absolute Gasteiger partial charge is 0.264 e. The molecule has 3 aromatic carbocycles. The Balaban J connectivity index is 2.11. The summed E-state index contributed by atoms with van der Waals surface area (Å²) in [5.41, 5.74) is 1.44. The summed E-state index contributed by atoms with van der Waals surface area (Å²) < 4.78 is 28.9. The largest absolute Gasteiger partial charge is 0.352 e. The molecule has 2 amide bonds. The van der Waals surface area contributed by atoms with Crippen LogP contribution in [0.25, 0.3) is 0 Å². The average molecular weight is 639 g/mol. The molecule has 0 aromatic heterocycles. The minimum absolute atomic E-state index is 0.0241. The van der Waals surface area contributed by atoms with E-state index in [4.69, 9.17) is 34.8 Å². The summed E-state index contributed by atoms with van der Waals surface area (Å²) in [6.45, 7) is 6.76. The second-order valence-corrected chi connectivity index (χ2v) is 12.9. The number of halogens is 3. The first kappa shape index (κ1) is 32.7. The molecular formula is C30H34Cl3N3O4S. The Morgan fingerprint density at radius 1 is 0.902 bits per heavy atom. The maximum absolute atomic E-state index is 14.2. The van der Waals surface area contributed by atoms with Crippen molar-refractivity contribution in [1.82, 2.24) is 10.2 Å². The van der Waals surface area contributed by atoms with Gasteiger partial charge in [0.2, 0.25) is 11.8 Å². The highest BCUT2D eigenvalue weighted by molar-refractivity contribution is 7.92. The van der Waals surface area contributed by atoms with Crippen LogP contribution in [0.1, 0.15) is 44.7 Å². The van der Waals surface area contributed by atoms with Gasteiger partial charge in [0.15, 0.2) is 0 Å². The first-order chi connectivity index (χ1) is 19.4. The number of benzene rings is 3. The molecule has 3 aromatic rings. The maximum atomic E-state index is 14.2. The van der Waals surface area contributed by atoms with Crippen molar-refractivity contribution < 1.29 is 18.0 Å². The number of hydrogen-bond donors (Lipinski definition) is 1. The van der Waals surface area contributed by atoms with Gasteiger partial charge in [0, 0.05) is 27.7 Å². The van der Waals surface area contributed by atoms with Gasteiger partial charge in [-0.1, -0.05) is 72.9 Å². The van der Waals surface area contributed by atoms with Gasteiger partial charge >= 0.3 is 0 Å². The summed E-state index contributed by atoms with van der Waals surface area (Å²) in [6, 6.07) is 16.6. The zero-order chi connectivity index (χ0) is 30.3. The molecule has 3 rings (SSSR count). The van der Waals surface area contributed by atoms with E-state index in [1.807, 2.05) is 13.8 Å². The molecule has 41 heavy (non-hydrogen) atoms. The van der Waals surface area contributed by atoms with Crippen molar-refractivity contribution >= 4 is 62.3 Å². The van der Waals surface area contributed by atoms with Crippen molar-refractivity contribution in [2.75, 3.05) is 10.8 Å². The molecule has 0 unspecified atom stereocenters. The summed E-state index contributed by atoms with van der Waals surface area (Å²) >= 11 is 18.7. The molecule has 11 heteroatoms. The van der Waals surface area contributed by atoms with E-state index in [0.29, 0.717) is 44.7 Å². The number of carbonyl (C=O) groups is 2. The molecule has 7 nitrogen and oxygen atoms in total. The van der Waals surface area contributed by atoms with Crippen molar-refractivity contribution in [2.24, 2.45) is 0 Å². The Bertz CT molecular complexity index is 1490. The van der Waals surface area contributed by atoms with Crippen LogP contribution < -0.4 is 9.62 Å². The fourth-order valence-corrected chi connectivity index (χ4v) is 6.52. The maximum Gasteiger partial charge on any atom is 0.264 e. The van der Waals surface area contributed by atoms with E-state index < -0.39 is 28.5 Å². The number of nitrogens with zero attached hydrogens (tertiary/aromatic N) is 2. The van der Waals surface area contributed by atoms with Crippen LogP contribution in [0, 0.1) is 6.92 Å². The Kier molecular flexibility index (Phi) is 11.5. The van der Waals surface area contributed by atoms with Gasteiger partial charge in [-0.05, 0) is 80.3 Å². The number of carbonyl (C=O) groups excluding carboxylic acids is 2. The quantitative estimate of drug-likeness (QED) is 0.235. The van der Waals surface area contributed by atoms with Crippen molar-refractivity contribution in [1.29, 1.82) is 0 Å². The second kappa shape index (κ2) is 14.4. The van der Waals surface area contributed by atoms with Gasteiger partial charge in [-0.2, -0.15) is 0 Å². The first-order valence-corrected chi connectivity index (χ1v) is 15.8. The summed E-state index contributed by atoms with van der Waals surface area (Å²) in [5.74, 6) is -0.906. The lowest BCUT2D eigenvalue weighted by Gasteiger charge is -2.34. The molecule has 1 N–H and O–H groups in total. The van der Waals surface area contributed by atoms with Crippen LogP contribution >= 0.6 is 34.8 Å². The molecule has 220 valence electrons. The standard InChI is InChI=1S/C30H34Cl3N3O4S/c1-5-21(4)34-30(38)27(6-2)35(18-22-12-13-24(32)17-26(22)33)29(37)19-36(28-15-14-23(31)16-20(28)3)41(39,40)25-10-8-7-9-11-25/h7-17,21,27H,5-6,18-19H2,1-4H3,(H,34,38)/t21-,27-/m1/s1. The van der Waals surface area contributed by atoms with Gasteiger partial charge in [-0.15, -0.1) is 0 Å². The second-order valence-electron chi connectivity index (χ2n) is 9.75. The molecular weight excluding hydrogens is 605 g/mol. The SMILES string of the molecule is CC[C@@H](C)NC(=O)[C@@H](CC)N(Cc1ccc(Cl)cc1Cl)C(=O)CN(c1ccc(Cl)cc1C)S(=O)(=O)c1ccccc1. The summed E-state index contributed by atoms with van der Waals surface area (Å²) in [5, 5.41) is 4.14. The van der Waals surface area contributed by atoms with E-state index in [0.717, 1.165) is 4.31 Å². The number of hydrogen-bond acceptors (Lipinski definition) is 4. The van der Waals surface area contributed by atoms with Gasteiger partial charge in [-0.25, -0.2) is 8.42 Å². The Labute approximate surface area is 257 Å². The molecule has 0 heterocycles. The Hall–Kier alpha value is -2.78. The number of amides is 2. The first-order valence-electron chi connectivity index (χ1n) is 13.3. The molecule has 0 aliphatic heterocycles. The van der Waals surface area contributed by atoms with Crippen molar-refractivity contribution in [3.8, 4) is 0 Å². The fourth-order valence-electron chi connectivity index (χ4n) is 4.33. The topological polar surface area (TPSA) is 86.8 Å². The van der Waals surface area contributed by atoms with Crippen LogP contribution in [0.4, 0.5) is 5.69 Å². The normalized spacial score (nSPS) is 12.9. The van der Waals surface area contributed by atoms with E-state index in [9.17, 15) is 18.0 Å². The van der Waals surface area contributed by atoms with E-state index in [2.05, 4.69) is 5.32 Å². The molecule has 0 saturated heterocycles. The molecule has 0 aliphatic carbocycles. The average Bonchev–Trinajstić information content (AvgIpc) is 2.93. The molecule has 2 atom stereocenters. The number of rotatable bonds is 12. The predicted octanol–water partition coefficient (Wildman–Crippen LogP) is 6.87. The van der Waals surface area contributed by atoms with Gasteiger partial charge < -0.3 is 10.2 Å². The van der Waals surface area contributed by atoms with E-state index >= 15 is 0 Å². The highest BCUT2D eigenvalue weighted by Gasteiger charge is 2.34. The van der Waals surface area contributed by atoms with Crippen LogP contribution in [-0.4, -0.2) is 43.8 Å². The zero-order valence-corrected chi connectivity index (χ0v) is 26.5. The lowest BCUT2D eigenvalue weighted by Crippen LogP contribution is -2.53. The van der Waals surface area contributed by atoms with E-state index in [1.54, 1.807) is 68.4 Å². The fraction of sp³-hybridized carbons (Fsp3) is 0.333. The number of aryl methyl sites for hydroxylation is 1.